The van der Waals surface area contributed by atoms with Gasteiger partial charge in [0.1, 0.15) is 6.61 Å². The van der Waals surface area contributed by atoms with Gasteiger partial charge in [-0.05, 0) is 37.0 Å². The third-order valence-electron chi connectivity index (χ3n) is 4.18. The smallest absolute Gasteiger partial charge is 0.330 e. The molecule has 1 saturated carbocycles. The van der Waals surface area contributed by atoms with Crippen LogP contribution in [0.25, 0.3) is 0 Å². The molecule has 1 N–H and O–H groups in total. The van der Waals surface area contributed by atoms with Gasteiger partial charge in [0.05, 0.1) is 31.9 Å². The minimum atomic E-state index is -0.501. The zero-order valence-electron chi connectivity index (χ0n) is 17.3. The van der Waals surface area contributed by atoms with Crippen molar-refractivity contribution in [3.05, 3.63) is 12.7 Å². The first kappa shape index (κ1) is 25.9. The summed E-state index contributed by atoms with van der Waals surface area (Å²) in [4.78, 5) is 38.2. The van der Waals surface area contributed by atoms with Gasteiger partial charge in [-0.3, -0.25) is 0 Å². The second kappa shape index (κ2) is 13.1. The molecule has 2 aliphatic rings. The van der Waals surface area contributed by atoms with Crippen molar-refractivity contribution < 1.29 is 29.0 Å². The fraction of sp³-hybridized carbons (Fsp3) is 0.750. The van der Waals surface area contributed by atoms with E-state index in [9.17, 15) is 14.4 Å². The Bertz CT molecular complexity index is 590. The Morgan fingerprint density at radius 1 is 1.32 bits per heavy atom. The lowest BCUT2D eigenvalue weighted by Crippen LogP contribution is -2.39. The first-order chi connectivity index (χ1) is 13.1. The predicted molar refractivity (Wildman–Crippen MR) is 104 cm³/mol. The van der Waals surface area contributed by atoms with Crippen molar-refractivity contribution >= 4 is 18.1 Å². The van der Waals surface area contributed by atoms with Gasteiger partial charge in [0, 0.05) is 6.08 Å². The Morgan fingerprint density at radius 2 is 1.93 bits per heavy atom. The maximum Gasteiger partial charge on any atom is 0.330 e. The SMILES string of the molecule is C=CC(=O)OCCO.CC1(C)CC(N=C=O)CC(C)(CN=C=O)C1.CC1CO1. The number of isocyanates is 2. The summed E-state index contributed by atoms with van der Waals surface area (Å²) in [6.07, 6.45) is 7.51. The zero-order chi connectivity index (χ0) is 21.6. The van der Waals surface area contributed by atoms with Crippen LogP contribution in [0.2, 0.25) is 0 Å². The average molecular weight is 396 g/mol. The molecule has 8 heteroatoms. The molecule has 8 nitrogen and oxygen atoms in total. The van der Waals surface area contributed by atoms with E-state index in [-0.39, 0.29) is 30.1 Å². The molecule has 2 fully saturated rings. The van der Waals surface area contributed by atoms with Crippen LogP contribution in [0.1, 0.15) is 47.0 Å². The van der Waals surface area contributed by atoms with Crippen LogP contribution in [0.4, 0.5) is 0 Å². The molecule has 0 aromatic carbocycles. The van der Waals surface area contributed by atoms with Crippen LogP contribution in [0.15, 0.2) is 22.6 Å². The van der Waals surface area contributed by atoms with E-state index < -0.39 is 5.97 Å². The van der Waals surface area contributed by atoms with Crippen molar-refractivity contribution in [1.29, 1.82) is 0 Å². The molecule has 3 atom stereocenters. The van der Waals surface area contributed by atoms with Crippen molar-refractivity contribution in [2.45, 2.75) is 59.1 Å². The minimum absolute atomic E-state index is 0.00750. The third-order valence-corrected chi connectivity index (χ3v) is 4.18. The van der Waals surface area contributed by atoms with E-state index in [1.165, 1.54) is 0 Å². The fourth-order valence-electron chi connectivity index (χ4n) is 3.39. The molecule has 2 rings (SSSR count). The number of rotatable bonds is 6. The number of ether oxygens (including phenoxy) is 2. The summed E-state index contributed by atoms with van der Waals surface area (Å²) in [5.74, 6) is -0.501. The number of hydrogen-bond acceptors (Lipinski definition) is 8. The average Bonchev–Trinajstić information content (AvgIpc) is 3.39. The molecule has 1 aliphatic heterocycles. The van der Waals surface area contributed by atoms with Crippen LogP contribution >= 0.6 is 0 Å². The predicted octanol–water partition coefficient (Wildman–Crippen LogP) is 2.36. The second-order valence-corrected chi connectivity index (χ2v) is 8.08. The van der Waals surface area contributed by atoms with Crippen molar-refractivity contribution in [1.82, 2.24) is 0 Å². The van der Waals surface area contributed by atoms with Crippen LogP contribution in [0.3, 0.4) is 0 Å². The van der Waals surface area contributed by atoms with Gasteiger partial charge in [0.2, 0.25) is 12.2 Å². The van der Waals surface area contributed by atoms with E-state index in [0.717, 1.165) is 31.9 Å². The summed E-state index contributed by atoms with van der Waals surface area (Å²) >= 11 is 0. The van der Waals surface area contributed by atoms with Gasteiger partial charge in [0.25, 0.3) is 0 Å². The summed E-state index contributed by atoms with van der Waals surface area (Å²) < 4.78 is 9.04. The Labute approximate surface area is 166 Å². The first-order valence-electron chi connectivity index (χ1n) is 9.23. The summed E-state index contributed by atoms with van der Waals surface area (Å²) in [6, 6.07) is 0.00750. The number of hydrogen-bond donors (Lipinski definition) is 1. The molecular formula is C20H32N2O6. The van der Waals surface area contributed by atoms with Crippen molar-refractivity contribution in [3.8, 4) is 0 Å². The Kier molecular flexibility index (Phi) is 12.1. The van der Waals surface area contributed by atoms with E-state index >= 15 is 0 Å². The van der Waals surface area contributed by atoms with Crippen molar-refractivity contribution in [3.63, 3.8) is 0 Å². The highest BCUT2D eigenvalue weighted by Crippen LogP contribution is 2.47. The minimum Gasteiger partial charge on any atom is -0.460 e. The van der Waals surface area contributed by atoms with Gasteiger partial charge < -0.3 is 14.6 Å². The molecule has 3 unspecified atom stereocenters. The van der Waals surface area contributed by atoms with E-state index in [4.69, 9.17) is 9.84 Å². The number of epoxide rings is 1. The number of esters is 1. The lowest BCUT2D eigenvalue weighted by Gasteiger charge is -2.44. The number of carbonyl (C=O) groups is 1. The molecule has 0 aromatic rings. The molecule has 0 radical (unpaired) electrons. The van der Waals surface area contributed by atoms with E-state index in [2.05, 4.69) is 49.0 Å². The molecule has 0 amide bonds. The molecule has 0 bridgehead atoms. The molecule has 1 heterocycles. The molecule has 0 aromatic heterocycles. The highest BCUT2D eigenvalue weighted by molar-refractivity contribution is 5.81. The molecule has 0 spiro atoms. The number of aliphatic hydroxyl groups excluding tert-OH is 1. The standard InChI is InChI=1S/C12H18N2O2.C5H8O3.C3H6O/c1-11(2)4-10(14-9-16)5-12(3,6-11)7-13-8-15;1-2-5(7)8-4-3-6;1-3-2-4-3/h10H,4-7H2,1-3H3;2,6H,1,3-4H2;3H,2H2,1H3. The molecule has 158 valence electrons. The molecular weight excluding hydrogens is 364 g/mol. The monoisotopic (exact) mass is 396 g/mol. The molecule has 28 heavy (non-hydrogen) atoms. The Balaban J connectivity index is 0.000000499. The highest BCUT2D eigenvalue weighted by Gasteiger charge is 2.41. The maximum absolute atomic E-state index is 10.3. The number of aliphatic hydroxyl groups is 1. The van der Waals surface area contributed by atoms with Crippen molar-refractivity contribution in [2.24, 2.45) is 20.8 Å². The quantitative estimate of drug-likeness (QED) is 0.242. The van der Waals surface area contributed by atoms with Crippen molar-refractivity contribution in [2.75, 3.05) is 26.4 Å². The third kappa shape index (κ3) is 13.1. The van der Waals surface area contributed by atoms with Gasteiger partial charge in [-0.2, -0.15) is 0 Å². The largest absolute Gasteiger partial charge is 0.460 e. The Hall–Kier alpha value is -2.11. The maximum atomic E-state index is 10.3. The summed E-state index contributed by atoms with van der Waals surface area (Å²) in [5, 5.41) is 8.10. The van der Waals surface area contributed by atoms with E-state index in [1.807, 2.05) is 0 Å². The molecule has 1 saturated heterocycles. The highest BCUT2D eigenvalue weighted by atomic mass is 16.6. The summed E-state index contributed by atoms with van der Waals surface area (Å²) in [5.41, 5.74) is 0.0561. The van der Waals surface area contributed by atoms with Crippen LogP contribution in [-0.4, -0.2) is 61.7 Å². The second-order valence-electron chi connectivity index (χ2n) is 8.08. The lowest BCUT2D eigenvalue weighted by molar-refractivity contribution is -0.138. The first-order valence-corrected chi connectivity index (χ1v) is 9.23. The topological polar surface area (TPSA) is 118 Å². The van der Waals surface area contributed by atoms with Gasteiger partial charge in [-0.25, -0.2) is 24.4 Å². The summed E-state index contributed by atoms with van der Waals surface area (Å²) in [6.45, 7) is 13.0. The fourth-order valence-corrected chi connectivity index (χ4v) is 3.39. The Morgan fingerprint density at radius 3 is 2.36 bits per heavy atom. The van der Waals surface area contributed by atoms with Crippen LogP contribution < -0.4 is 0 Å². The number of aliphatic imine (C=N–C) groups is 2. The van der Waals surface area contributed by atoms with E-state index in [0.29, 0.717) is 12.6 Å². The normalized spacial score (nSPS) is 26.5. The lowest BCUT2D eigenvalue weighted by atomic mass is 9.63. The van der Waals surface area contributed by atoms with Gasteiger partial charge >= 0.3 is 5.97 Å². The van der Waals surface area contributed by atoms with Gasteiger partial charge in [-0.1, -0.05) is 27.4 Å². The summed E-state index contributed by atoms with van der Waals surface area (Å²) in [7, 11) is 0. The van der Waals surface area contributed by atoms with E-state index in [1.54, 1.807) is 12.2 Å². The van der Waals surface area contributed by atoms with Crippen LogP contribution in [0.5, 0.6) is 0 Å². The van der Waals surface area contributed by atoms with Crippen LogP contribution in [0, 0.1) is 10.8 Å². The van der Waals surface area contributed by atoms with Gasteiger partial charge in [-0.15, -0.1) is 0 Å². The zero-order valence-corrected chi connectivity index (χ0v) is 17.3. The number of nitrogens with zero attached hydrogens (tertiary/aromatic N) is 2. The number of carbonyl (C=O) groups excluding carboxylic acids is 3. The molecule has 1 aliphatic carbocycles. The van der Waals surface area contributed by atoms with Gasteiger partial charge in [0.15, 0.2) is 0 Å². The van der Waals surface area contributed by atoms with Crippen LogP contribution in [-0.2, 0) is 23.9 Å².